The van der Waals surface area contributed by atoms with Crippen LogP contribution in [-0.2, 0) is 0 Å². The van der Waals surface area contributed by atoms with Gasteiger partial charge < -0.3 is 15.2 Å². The lowest BCUT2D eigenvalue weighted by molar-refractivity contribution is 0.247. The summed E-state index contributed by atoms with van der Waals surface area (Å²) in [6.07, 6.45) is 0.699. The van der Waals surface area contributed by atoms with E-state index in [9.17, 15) is 4.39 Å². The molecule has 0 saturated carbocycles. The molecule has 0 spiro atoms. The Morgan fingerprint density at radius 2 is 1.74 bits per heavy atom. The molecule has 0 heterocycles. The molecule has 0 aliphatic rings. The van der Waals surface area contributed by atoms with Gasteiger partial charge in [0.1, 0.15) is 17.3 Å². The maximum atomic E-state index is 12.9. The molecule has 3 nitrogen and oxygen atoms in total. The Balaban J connectivity index is 1.69. The van der Waals surface area contributed by atoms with Gasteiger partial charge in [-0.15, -0.1) is 0 Å². The summed E-state index contributed by atoms with van der Waals surface area (Å²) >= 11 is 0. The standard InChI is InChI=1S/C15H16FNO2/c16-12-5-3-6-13(11-12)18-9-4-10-19-15-8-2-1-7-14(15)17/h1-3,5-8,11H,4,9-10,17H2. The van der Waals surface area contributed by atoms with E-state index in [1.165, 1.54) is 12.1 Å². The van der Waals surface area contributed by atoms with E-state index in [-0.39, 0.29) is 5.82 Å². The first-order valence-corrected chi connectivity index (χ1v) is 6.11. The number of nitrogen functional groups attached to an aromatic ring is 1. The third-order valence-electron chi connectivity index (χ3n) is 2.53. The molecule has 0 aromatic heterocycles. The van der Waals surface area contributed by atoms with Gasteiger partial charge in [-0.05, 0) is 24.3 Å². The van der Waals surface area contributed by atoms with Crippen molar-refractivity contribution in [2.75, 3.05) is 18.9 Å². The summed E-state index contributed by atoms with van der Waals surface area (Å²) in [5.74, 6) is 0.901. The number of benzene rings is 2. The van der Waals surface area contributed by atoms with Gasteiger partial charge in [0.05, 0.1) is 18.9 Å². The molecule has 0 bridgehead atoms. The van der Waals surface area contributed by atoms with Crippen LogP contribution in [0.3, 0.4) is 0 Å². The lowest BCUT2D eigenvalue weighted by Gasteiger charge is -2.09. The Labute approximate surface area is 111 Å². The lowest BCUT2D eigenvalue weighted by atomic mass is 10.3. The smallest absolute Gasteiger partial charge is 0.142 e. The monoisotopic (exact) mass is 261 g/mol. The summed E-state index contributed by atoms with van der Waals surface area (Å²) in [5, 5.41) is 0. The molecule has 19 heavy (non-hydrogen) atoms. The van der Waals surface area contributed by atoms with E-state index in [0.29, 0.717) is 36.8 Å². The zero-order valence-corrected chi connectivity index (χ0v) is 10.5. The fourth-order valence-corrected chi connectivity index (χ4v) is 1.60. The minimum atomic E-state index is -0.300. The maximum Gasteiger partial charge on any atom is 0.142 e. The van der Waals surface area contributed by atoms with Crippen molar-refractivity contribution in [1.82, 2.24) is 0 Å². The van der Waals surface area contributed by atoms with Gasteiger partial charge in [-0.3, -0.25) is 0 Å². The molecule has 2 N–H and O–H groups in total. The van der Waals surface area contributed by atoms with Crippen LogP contribution < -0.4 is 15.2 Å². The van der Waals surface area contributed by atoms with E-state index < -0.39 is 0 Å². The van der Waals surface area contributed by atoms with E-state index in [0.717, 1.165) is 0 Å². The van der Waals surface area contributed by atoms with Crippen molar-refractivity contribution in [1.29, 1.82) is 0 Å². The Bertz CT molecular complexity index is 531. The van der Waals surface area contributed by atoms with Crippen LogP contribution in [0.4, 0.5) is 10.1 Å². The van der Waals surface area contributed by atoms with E-state index in [4.69, 9.17) is 15.2 Å². The van der Waals surface area contributed by atoms with Gasteiger partial charge in [-0.1, -0.05) is 18.2 Å². The Morgan fingerprint density at radius 3 is 2.53 bits per heavy atom. The molecule has 2 rings (SSSR count). The van der Waals surface area contributed by atoms with Crippen LogP contribution >= 0.6 is 0 Å². The summed E-state index contributed by atoms with van der Waals surface area (Å²) in [4.78, 5) is 0. The van der Waals surface area contributed by atoms with Crippen molar-refractivity contribution in [2.24, 2.45) is 0 Å². The molecule has 0 saturated heterocycles. The molecular weight excluding hydrogens is 245 g/mol. The van der Waals surface area contributed by atoms with Crippen LogP contribution in [0.5, 0.6) is 11.5 Å². The predicted octanol–water partition coefficient (Wildman–Crippen LogP) is 3.26. The second kappa shape index (κ2) is 6.64. The Kier molecular flexibility index (Phi) is 4.61. The minimum Gasteiger partial charge on any atom is -0.493 e. The van der Waals surface area contributed by atoms with E-state index in [1.807, 2.05) is 18.2 Å². The van der Waals surface area contributed by atoms with Crippen molar-refractivity contribution < 1.29 is 13.9 Å². The first-order valence-electron chi connectivity index (χ1n) is 6.11. The van der Waals surface area contributed by atoms with Crippen molar-refractivity contribution in [3.8, 4) is 11.5 Å². The van der Waals surface area contributed by atoms with Crippen LogP contribution in [0.2, 0.25) is 0 Å². The SMILES string of the molecule is Nc1ccccc1OCCCOc1cccc(F)c1. The highest BCUT2D eigenvalue weighted by atomic mass is 19.1. The van der Waals surface area contributed by atoms with Crippen LogP contribution in [0.1, 0.15) is 6.42 Å². The maximum absolute atomic E-state index is 12.9. The quantitative estimate of drug-likeness (QED) is 0.641. The second-order valence-electron chi connectivity index (χ2n) is 4.05. The van der Waals surface area contributed by atoms with Gasteiger partial charge in [-0.2, -0.15) is 0 Å². The molecule has 4 heteroatoms. The Hall–Kier alpha value is -2.23. The topological polar surface area (TPSA) is 44.5 Å². The highest BCUT2D eigenvalue weighted by molar-refractivity contribution is 5.51. The third-order valence-corrected chi connectivity index (χ3v) is 2.53. The molecule has 2 aromatic rings. The molecule has 0 amide bonds. The summed E-state index contributed by atoms with van der Waals surface area (Å²) in [5.41, 5.74) is 6.36. The molecule has 0 aliphatic heterocycles. The van der Waals surface area contributed by atoms with Gasteiger partial charge in [0, 0.05) is 12.5 Å². The molecule has 0 radical (unpaired) electrons. The molecule has 0 aliphatic carbocycles. The second-order valence-corrected chi connectivity index (χ2v) is 4.05. The van der Waals surface area contributed by atoms with Gasteiger partial charge in [0.25, 0.3) is 0 Å². The highest BCUT2D eigenvalue weighted by Crippen LogP contribution is 2.19. The van der Waals surface area contributed by atoms with Crippen LogP contribution in [0, 0.1) is 5.82 Å². The normalized spacial score (nSPS) is 10.2. The summed E-state index contributed by atoms with van der Waals surface area (Å²) in [7, 11) is 0. The van der Waals surface area contributed by atoms with Crippen molar-refractivity contribution in [2.45, 2.75) is 6.42 Å². The van der Waals surface area contributed by atoms with Crippen molar-refractivity contribution in [3.05, 3.63) is 54.3 Å². The number of anilines is 1. The number of ether oxygens (including phenoxy) is 2. The van der Waals surface area contributed by atoms with Crippen LogP contribution in [0.15, 0.2) is 48.5 Å². The molecular formula is C15H16FNO2. The first-order chi connectivity index (χ1) is 9.25. The number of halogens is 1. The average Bonchev–Trinajstić information content (AvgIpc) is 2.40. The van der Waals surface area contributed by atoms with Crippen LogP contribution in [-0.4, -0.2) is 13.2 Å². The third kappa shape index (κ3) is 4.17. The van der Waals surface area contributed by atoms with Crippen LogP contribution in [0.25, 0.3) is 0 Å². The Morgan fingerprint density at radius 1 is 0.947 bits per heavy atom. The summed E-state index contributed by atoms with van der Waals surface area (Å²) in [6, 6.07) is 13.4. The largest absolute Gasteiger partial charge is 0.493 e. The fourth-order valence-electron chi connectivity index (χ4n) is 1.60. The zero-order valence-electron chi connectivity index (χ0n) is 10.5. The average molecular weight is 261 g/mol. The predicted molar refractivity (Wildman–Crippen MR) is 72.9 cm³/mol. The molecule has 0 fully saturated rings. The van der Waals surface area contributed by atoms with E-state index in [1.54, 1.807) is 18.2 Å². The van der Waals surface area contributed by atoms with Gasteiger partial charge >= 0.3 is 0 Å². The molecule has 2 aromatic carbocycles. The number of rotatable bonds is 6. The van der Waals surface area contributed by atoms with Gasteiger partial charge in [0.15, 0.2) is 0 Å². The fraction of sp³-hybridized carbons (Fsp3) is 0.200. The molecule has 100 valence electrons. The number of nitrogens with two attached hydrogens (primary N) is 1. The van der Waals surface area contributed by atoms with Gasteiger partial charge in [-0.25, -0.2) is 4.39 Å². The zero-order chi connectivity index (χ0) is 13.5. The summed E-state index contributed by atoms with van der Waals surface area (Å²) < 4.78 is 23.8. The highest BCUT2D eigenvalue weighted by Gasteiger charge is 1.99. The number of hydrogen-bond acceptors (Lipinski definition) is 3. The lowest BCUT2D eigenvalue weighted by Crippen LogP contribution is -2.06. The van der Waals surface area contributed by atoms with E-state index in [2.05, 4.69) is 0 Å². The molecule has 0 atom stereocenters. The van der Waals surface area contributed by atoms with Crippen molar-refractivity contribution in [3.63, 3.8) is 0 Å². The van der Waals surface area contributed by atoms with Crippen molar-refractivity contribution >= 4 is 5.69 Å². The van der Waals surface area contributed by atoms with E-state index >= 15 is 0 Å². The van der Waals surface area contributed by atoms with Gasteiger partial charge in [0.2, 0.25) is 0 Å². The number of hydrogen-bond donors (Lipinski definition) is 1. The minimum absolute atomic E-state index is 0.300. The number of para-hydroxylation sites is 2. The molecule has 0 unspecified atom stereocenters. The summed E-state index contributed by atoms with van der Waals surface area (Å²) in [6.45, 7) is 0.972. The first kappa shape index (κ1) is 13.2.